The molecule has 2 rings (SSSR count). The summed E-state index contributed by atoms with van der Waals surface area (Å²) in [7, 11) is 1.59. The highest BCUT2D eigenvalue weighted by Crippen LogP contribution is 2.35. The summed E-state index contributed by atoms with van der Waals surface area (Å²) in [5.74, 6) is 0.857. The summed E-state index contributed by atoms with van der Waals surface area (Å²) < 4.78 is 19.1. The van der Waals surface area contributed by atoms with Crippen molar-refractivity contribution in [2.75, 3.05) is 20.2 Å². The molecule has 1 aromatic carbocycles. The summed E-state index contributed by atoms with van der Waals surface area (Å²) in [5.41, 5.74) is 1.11. The summed E-state index contributed by atoms with van der Waals surface area (Å²) in [6.45, 7) is 2.03. The lowest BCUT2D eigenvalue weighted by atomic mass is 9.89. The van der Waals surface area contributed by atoms with Gasteiger partial charge in [0.25, 0.3) is 0 Å². The van der Waals surface area contributed by atoms with Gasteiger partial charge in [0.05, 0.1) is 11.6 Å². The number of hydrogen-bond acceptors (Lipinski definition) is 2. The second-order valence-corrected chi connectivity index (χ2v) is 4.89. The monoisotopic (exact) mass is 287 g/mol. The van der Waals surface area contributed by atoms with Gasteiger partial charge in [0.2, 0.25) is 0 Å². The molecule has 0 saturated carbocycles. The summed E-state index contributed by atoms with van der Waals surface area (Å²) in [5, 5.41) is 3.32. The van der Waals surface area contributed by atoms with E-state index >= 15 is 0 Å². The molecule has 0 spiro atoms. The van der Waals surface area contributed by atoms with Crippen LogP contribution in [0, 0.1) is 5.82 Å². The van der Waals surface area contributed by atoms with E-state index in [1.165, 1.54) is 6.07 Å². The van der Waals surface area contributed by atoms with Crippen LogP contribution in [0.2, 0.25) is 0 Å². The quantitative estimate of drug-likeness (QED) is 0.903. The molecule has 0 bridgehead atoms. The van der Waals surface area contributed by atoms with Crippen molar-refractivity contribution >= 4 is 15.9 Å². The second kappa shape index (κ2) is 5.15. The zero-order valence-electron chi connectivity index (χ0n) is 9.22. The summed E-state index contributed by atoms with van der Waals surface area (Å²) in [6, 6.07) is 3.31. The van der Waals surface area contributed by atoms with Gasteiger partial charge in [-0.2, -0.15) is 0 Å². The number of methoxy groups -OCH3 is 1. The molecule has 1 heterocycles. The minimum absolute atomic E-state index is 0.269. The largest absolute Gasteiger partial charge is 0.496 e. The highest BCUT2D eigenvalue weighted by atomic mass is 79.9. The Hall–Kier alpha value is -0.610. The van der Waals surface area contributed by atoms with Crippen molar-refractivity contribution < 1.29 is 9.13 Å². The van der Waals surface area contributed by atoms with E-state index in [2.05, 4.69) is 21.2 Å². The topological polar surface area (TPSA) is 21.3 Å². The predicted molar refractivity (Wildman–Crippen MR) is 65.5 cm³/mol. The lowest BCUT2D eigenvalue weighted by Crippen LogP contribution is -2.26. The predicted octanol–water partition coefficient (Wildman–Crippen LogP) is 3.06. The van der Waals surface area contributed by atoms with Gasteiger partial charge in [-0.05, 0) is 59.4 Å². The molecule has 1 fully saturated rings. The highest BCUT2D eigenvalue weighted by Gasteiger charge is 2.20. The first-order valence-electron chi connectivity index (χ1n) is 5.46. The van der Waals surface area contributed by atoms with Crippen LogP contribution >= 0.6 is 15.9 Å². The molecule has 0 aromatic heterocycles. The maximum absolute atomic E-state index is 13.4. The molecule has 0 radical (unpaired) electrons. The van der Waals surface area contributed by atoms with Crippen LogP contribution in [0.5, 0.6) is 5.75 Å². The van der Waals surface area contributed by atoms with E-state index in [9.17, 15) is 4.39 Å². The van der Waals surface area contributed by atoms with Gasteiger partial charge in [0.15, 0.2) is 0 Å². The van der Waals surface area contributed by atoms with E-state index in [0.29, 0.717) is 16.1 Å². The lowest BCUT2D eigenvalue weighted by molar-refractivity contribution is 0.388. The first kappa shape index (κ1) is 11.9. The molecule has 16 heavy (non-hydrogen) atoms. The van der Waals surface area contributed by atoms with Gasteiger partial charge in [-0.3, -0.25) is 0 Å². The fourth-order valence-corrected chi connectivity index (χ4v) is 2.53. The van der Waals surface area contributed by atoms with E-state index in [-0.39, 0.29) is 5.82 Å². The Morgan fingerprint density at radius 3 is 2.69 bits per heavy atom. The Bertz CT molecular complexity index is 378. The maximum Gasteiger partial charge on any atom is 0.141 e. The van der Waals surface area contributed by atoms with E-state index in [1.807, 2.05) is 6.07 Å². The fraction of sp³-hybridized carbons (Fsp3) is 0.500. The normalized spacial score (nSPS) is 17.4. The van der Waals surface area contributed by atoms with Gasteiger partial charge in [0.1, 0.15) is 11.6 Å². The zero-order chi connectivity index (χ0) is 11.5. The number of hydrogen-bond donors (Lipinski definition) is 1. The molecule has 2 nitrogen and oxygen atoms in total. The maximum atomic E-state index is 13.4. The second-order valence-electron chi connectivity index (χ2n) is 4.03. The zero-order valence-corrected chi connectivity index (χ0v) is 10.8. The summed E-state index contributed by atoms with van der Waals surface area (Å²) in [4.78, 5) is 0. The van der Waals surface area contributed by atoms with Crippen LogP contribution in [-0.4, -0.2) is 20.2 Å². The van der Waals surface area contributed by atoms with E-state index < -0.39 is 0 Å². The van der Waals surface area contributed by atoms with Crippen LogP contribution < -0.4 is 10.1 Å². The van der Waals surface area contributed by atoms with Gasteiger partial charge in [-0.1, -0.05) is 0 Å². The van der Waals surface area contributed by atoms with Gasteiger partial charge in [0, 0.05) is 6.07 Å². The Labute approximate surface area is 103 Å². The first-order chi connectivity index (χ1) is 7.72. The smallest absolute Gasteiger partial charge is 0.141 e. The standard InChI is InChI=1S/C12H15BrFNO/c1-16-12-7-11(14)10(13)6-9(12)8-2-4-15-5-3-8/h6-8,15H,2-5H2,1H3. The Morgan fingerprint density at radius 2 is 2.06 bits per heavy atom. The highest BCUT2D eigenvalue weighted by molar-refractivity contribution is 9.10. The van der Waals surface area contributed by atoms with Crippen molar-refractivity contribution in [3.8, 4) is 5.75 Å². The van der Waals surface area contributed by atoms with Crippen molar-refractivity contribution in [1.29, 1.82) is 0 Å². The molecule has 1 aliphatic heterocycles. The third-order valence-electron chi connectivity index (χ3n) is 3.05. The molecule has 4 heteroatoms. The minimum Gasteiger partial charge on any atom is -0.496 e. The van der Waals surface area contributed by atoms with Gasteiger partial charge >= 0.3 is 0 Å². The van der Waals surface area contributed by atoms with Crippen LogP contribution in [0.15, 0.2) is 16.6 Å². The number of halogens is 2. The number of piperidine rings is 1. The average Bonchev–Trinajstić information content (AvgIpc) is 2.33. The molecule has 88 valence electrons. The molecule has 0 amide bonds. The Balaban J connectivity index is 2.33. The SMILES string of the molecule is COc1cc(F)c(Br)cc1C1CCNCC1. The molecular weight excluding hydrogens is 273 g/mol. The third kappa shape index (κ3) is 2.38. The number of nitrogens with one attached hydrogen (secondary N) is 1. The molecule has 1 aromatic rings. The van der Waals surface area contributed by atoms with Crippen molar-refractivity contribution in [2.24, 2.45) is 0 Å². The third-order valence-corrected chi connectivity index (χ3v) is 3.66. The van der Waals surface area contributed by atoms with Crippen molar-refractivity contribution in [3.63, 3.8) is 0 Å². The van der Waals surface area contributed by atoms with Gasteiger partial charge < -0.3 is 10.1 Å². The fourth-order valence-electron chi connectivity index (χ4n) is 2.17. The molecule has 1 aliphatic rings. The molecule has 0 aliphatic carbocycles. The van der Waals surface area contributed by atoms with E-state index in [4.69, 9.17) is 4.74 Å². The molecular formula is C12H15BrFNO. The van der Waals surface area contributed by atoms with Crippen molar-refractivity contribution in [1.82, 2.24) is 5.32 Å². The van der Waals surface area contributed by atoms with E-state index in [0.717, 1.165) is 31.5 Å². The van der Waals surface area contributed by atoms with E-state index in [1.54, 1.807) is 7.11 Å². The van der Waals surface area contributed by atoms with Gasteiger partial charge in [-0.15, -0.1) is 0 Å². The number of rotatable bonds is 2. The van der Waals surface area contributed by atoms with Gasteiger partial charge in [-0.25, -0.2) is 4.39 Å². The van der Waals surface area contributed by atoms with Crippen LogP contribution in [0.25, 0.3) is 0 Å². The minimum atomic E-state index is -0.269. The first-order valence-corrected chi connectivity index (χ1v) is 6.25. The Morgan fingerprint density at radius 1 is 1.38 bits per heavy atom. The molecule has 1 saturated heterocycles. The molecule has 1 N–H and O–H groups in total. The molecule has 0 atom stereocenters. The molecule has 0 unspecified atom stereocenters. The summed E-state index contributed by atoms with van der Waals surface area (Å²) >= 11 is 3.23. The average molecular weight is 288 g/mol. The lowest BCUT2D eigenvalue weighted by Gasteiger charge is -2.24. The summed E-state index contributed by atoms with van der Waals surface area (Å²) in [6.07, 6.45) is 2.16. The van der Waals surface area contributed by atoms with Crippen LogP contribution in [-0.2, 0) is 0 Å². The van der Waals surface area contributed by atoms with Crippen molar-refractivity contribution in [3.05, 3.63) is 28.0 Å². The number of benzene rings is 1. The Kier molecular flexibility index (Phi) is 3.82. The number of ether oxygens (including phenoxy) is 1. The van der Waals surface area contributed by atoms with Crippen LogP contribution in [0.1, 0.15) is 24.3 Å². The van der Waals surface area contributed by atoms with Crippen molar-refractivity contribution in [2.45, 2.75) is 18.8 Å². The van der Waals surface area contributed by atoms with Crippen LogP contribution in [0.3, 0.4) is 0 Å². The van der Waals surface area contributed by atoms with Crippen LogP contribution in [0.4, 0.5) is 4.39 Å².